The summed E-state index contributed by atoms with van der Waals surface area (Å²) >= 11 is 0. The van der Waals surface area contributed by atoms with E-state index in [9.17, 15) is 9.59 Å². The average molecular weight is 362 g/mol. The molecule has 1 unspecified atom stereocenters. The van der Waals surface area contributed by atoms with Crippen LogP contribution in [0.4, 0.5) is 10.5 Å². The van der Waals surface area contributed by atoms with Crippen molar-refractivity contribution in [1.29, 1.82) is 0 Å². The molecule has 136 valence electrons. The van der Waals surface area contributed by atoms with Gasteiger partial charge in [-0.15, -0.1) is 0 Å². The Balaban J connectivity index is 1.93. The Labute approximate surface area is 156 Å². The van der Waals surface area contributed by atoms with Crippen LogP contribution >= 0.6 is 0 Å². The Kier molecular flexibility index (Phi) is 4.01. The monoisotopic (exact) mass is 362 g/mol. The molecule has 0 radical (unpaired) electrons. The molecule has 1 aliphatic heterocycles. The standard InChI is InChI=1S/C20H19N5O2/c1-2-25(20(21)27,12-13-6-4-3-5-7-13)15-8-16-18-14(10-22-17(18)9-15)11-23-24-19(16)26/h3-11H,2,12H2,1H3,(H3-,21,22,23,24,26,27)/p+1. The molecule has 0 saturated carbocycles. The maximum absolute atomic E-state index is 12.6. The first kappa shape index (κ1) is 17.0. The van der Waals surface area contributed by atoms with Gasteiger partial charge in [-0.1, -0.05) is 30.3 Å². The highest BCUT2D eigenvalue weighted by atomic mass is 16.2. The van der Waals surface area contributed by atoms with Gasteiger partial charge in [-0.3, -0.25) is 4.79 Å². The number of aromatic amines is 1. The Hall–Kier alpha value is -3.45. The molecular weight excluding hydrogens is 342 g/mol. The van der Waals surface area contributed by atoms with Gasteiger partial charge in [-0.25, -0.2) is 14.7 Å². The highest BCUT2D eigenvalue weighted by molar-refractivity contribution is 6.15. The second-order valence-electron chi connectivity index (χ2n) is 6.63. The maximum atomic E-state index is 12.6. The molecule has 2 heterocycles. The lowest BCUT2D eigenvalue weighted by molar-refractivity contribution is 0.0957. The minimum Gasteiger partial charge on any atom is -0.360 e. The molecule has 0 bridgehead atoms. The summed E-state index contributed by atoms with van der Waals surface area (Å²) < 4.78 is -0.0879. The Morgan fingerprint density at radius 3 is 2.70 bits per heavy atom. The van der Waals surface area contributed by atoms with Crippen LogP contribution in [-0.4, -0.2) is 29.7 Å². The third-order valence-electron chi connectivity index (χ3n) is 5.16. The normalized spacial score (nSPS) is 15.2. The molecule has 3 aromatic rings. The van der Waals surface area contributed by atoms with Crippen LogP contribution in [-0.2, 0) is 6.54 Å². The summed E-state index contributed by atoms with van der Waals surface area (Å²) in [6.45, 7) is 2.78. The van der Waals surface area contributed by atoms with Crippen LogP contribution in [0.2, 0.25) is 0 Å². The van der Waals surface area contributed by atoms with E-state index < -0.39 is 6.03 Å². The lowest BCUT2D eigenvalue weighted by atomic mass is 10.0. The van der Waals surface area contributed by atoms with Gasteiger partial charge >= 0.3 is 6.03 Å². The van der Waals surface area contributed by atoms with Crippen molar-refractivity contribution in [3.8, 4) is 0 Å². The van der Waals surface area contributed by atoms with Gasteiger partial charge in [0.05, 0.1) is 23.8 Å². The molecule has 3 amide bonds. The minimum atomic E-state index is -0.468. The fourth-order valence-corrected chi connectivity index (χ4v) is 3.67. The number of H-pyrrole nitrogens is 1. The van der Waals surface area contributed by atoms with Gasteiger partial charge in [0, 0.05) is 34.8 Å². The van der Waals surface area contributed by atoms with Crippen LogP contribution < -0.4 is 15.6 Å². The molecule has 7 nitrogen and oxygen atoms in total. The lowest BCUT2D eigenvalue weighted by Crippen LogP contribution is -2.56. The van der Waals surface area contributed by atoms with Crippen molar-refractivity contribution >= 4 is 34.7 Å². The lowest BCUT2D eigenvalue weighted by Gasteiger charge is -2.33. The number of nitrogens with zero attached hydrogens (tertiary/aromatic N) is 2. The minimum absolute atomic E-state index is 0.0879. The number of quaternary nitrogens is 1. The van der Waals surface area contributed by atoms with E-state index in [0.717, 1.165) is 22.0 Å². The third-order valence-corrected chi connectivity index (χ3v) is 5.16. The quantitative estimate of drug-likeness (QED) is 0.622. The Morgan fingerprint density at radius 1 is 1.22 bits per heavy atom. The third kappa shape index (κ3) is 2.69. The van der Waals surface area contributed by atoms with Crippen LogP contribution in [0, 0.1) is 0 Å². The number of primary amides is 1. The topological polar surface area (TPSA) is 100 Å². The van der Waals surface area contributed by atoms with Crippen molar-refractivity contribution in [1.82, 2.24) is 14.9 Å². The van der Waals surface area contributed by atoms with Gasteiger partial charge in [-0.2, -0.15) is 5.10 Å². The summed E-state index contributed by atoms with van der Waals surface area (Å²) in [5, 5.41) is 4.73. The molecule has 27 heavy (non-hydrogen) atoms. The molecule has 1 aromatic heterocycles. The van der Waals surface area contributed by atoms with Crippen molar-refractivity contribution in [2.24, 2.45) is 10.8 Å². The van der Waals surface area contributed by atoms with E-state index >= 15 is 0 Å². The number of carbonyl (C=O) groups excluding carboxylic acids is 2. The summed E-state index contributed by atoms with van der Waals surface area (Å²) in [5.41, 5.74) is 12.1. The highest BCUT2D eigenvalue weighted by Crippen LogP contribution is 2.34. The predicted molar refractivity (Wildman–Crippen MR) is 105 cm³/mol. The van der Waals surface area contributed by atoms with Gasteiger partial charge in [0.1, 0.15) is 12.2 Å². The fourth-order valence-electron chi connectivity index (χ4n) is 3.67. The number of hydrogen-bond acceptors (Lipinski definition) is 3. The number of amides is 3. The van der Waals surface area contributed by atoms with Crippen LogP contribution in [0.1, 0.15) is 28.4 Å². The molecule has 0 spiro atoms. The van der Waals surface area contributed by atoms with Gasteiger partial charge < -0.3 is 10.7 Å². The van der Waals surface area contributed by atoms with E-state index in [2.05, 4.69) is 15.5 Å². The number of aromatic nitrogens is 1. The first-order chi connectivity index (χ1) is 13.0. The van der Waals surface area contributed by atoms with Crippen LogP contribution in [0.5, 0.6) is 0 Å². The molecule has 4 N–H and O–H groups in total. The first-order valence-corrected chi connectivity index (χ1v) is 8.75. The van der Waals surface area contributed by atoms with Crippen molar-refractivity contribution in [2.75, 3.05) is 6.54 Å². The Morgan fingerprint density at radius 2 is 2.00 bits per heavy atom. The van der Waals surface area contributed by atoms with E-state index in [1.165, 1.54) is 0 Å². The number of carbonyl (C=O) groups is 2. The summed E-state index contributed by atoms with van der Waals surface area (Å²) in [6.07, 6.45) is 3.40. The summed E-state index contributed by atoms with van der Waals surface area (Å²) in [6, 6.07) is 12.9. The molecule has 1 atom stereocenters. The van der Waals surface area contributed by atoms with Crippen molar-refractivity contribution < 1.29 is 9.59 Å². The van der Waals surface area contributed by atoms with E-state index in [4.69, 9.17) is 5.73 Å². The number of benzene rings is 2. The largest absolute Gasteiger partial charge is 0.419 e. The van der Waals surface area contributed by atoms with Crippen molar-refractivity contribution in [3.05, 3.63) is 65.4 Å². The molecular formula is C20H20N5O2+. The summed E-state index contributed by atoms with van der Waals surface area (Å²) in [4.78, 5) is 28.3. The smallest absolute Gasteiger partial charge is 0.360 e. The van der Waals surface area contributed by atoms with Crippen LogP contribution in [0.25, 0.3) is 10.9 Å². The molecule has 4 rings (SSSR count). The van der Waals surface area contributed by atoms with E-state index in [0.29, 0.717) is 24.3 Å². The predicted octanol–water partition coefficient (Wildman–Crippen LogP) is 2.85. The van der Waals surface area contributed by atoms with E-state index in [1.807, 2.05) is 43.3 Å². The van der Waals surface area contributed by atoms with Gasteiger partial charge in [-0.05, 0) is 6.92 Å². The summed E-state index contributed by atoms with van der Waals surface area (Å²) in [7, 11) is 0. The second-order valence-corrected chi connectivity index (χ2v) is 6.63. The number of rotatable bonds is 4. The van der Waals surface area contributed by atoms with Crippen molar-refractivity contribution in [2.45, 2.75) is 13.5 Å². The zero-order valence-corrected chi connectivity index (χ0v) is 14.9. The SMILES string of the molecule is CC[N+](Cc1ccccc1)(C(N)=O)c1cc2c3c(c[nH]c3c1)C=NNC2=O. The number of urea groups is 1. The highest BCUT2D eigenvalue weighted by Gasteiger charge is 2.37. The number of nitrogens with one attached hydrogen (secondary N) is 2. The van der Waals surface area contributed by atoms with Crippen molar-refractivity contribution in [3.63, 3.8) is 0 Å². The first-order valence-electron chi connectivity index (χ1n) is 8.75. The van der Waals surface area contributed by atoms with Crippen LogP contribution in [0.15, 0.2) is 53.8 Å². The van der Waals surface area contributed by atoms with E-state index in [1.54, 1.807) is 18.5 Å². The molecule has 0 saturated heterocycles. The van der Waals surface area contributed by atoms with Gasteiger partial charge in [0.25, 0.3) is 5.91 Å². The van der Waals surface area contributed by atoms with Gasteiger partial charge in [0.2, 0.25) is 0 Å². The zero-order valence-electron chi connectivity index (χ0n) is 14.9. The Bertz CT molecular complexity index is 1070. The van der Waals surface area contributed by atoms with Crippen LogP contribution in [0.3, 0.4) is 0 Å². The molecule has 0 fully saturated rings. The van der Waals surface area contributed by atoms with E-state index in [-0.39, 0.29) is 10.4 Å². The average Bonchev–Trinajstić information content (AvgIpc) is 3.01. The molecule has 2 aromatic carbocycles. The number of hydrazone groups is 1. The molecule has 1 aliphatic rings. The fraction of sp³-hybridized carbons (Fsp3) is 0.150. The molecule has 0 aliphatic carbocycles. The second kappa shape index (κ2) is 6.37. The number of hydrogen-bond donors (Lipinski definition) is 3. The van der Waals surface area contributed by atoms with Gasteiger partial charge in [0.15, 0.2) is 0 Å². The summed E-state index contributed by atoms with van der Waals surface area (Å²) in [5.74, 6) is -0.310. The maximum Gasteiger partial charge on any atom is 0.419 e. The number of nitrogens with two attached hydrogens (primary N) is 1. The zero-order chi connectivity index (χ0) is 19.0. The molecule has 7 heteroatoms.